The standard InChI is InChI=1S/C13H17FN2O3/c1-13(4-6-19-7-5-13)9-15-12-3-2-10(16(17)18)8-11(12)14/h2-3,8,15H,4-7,9H2,1H3. The van der Waals surface area contributed by atoms with Gasteiger partial charge in [-0.15, -0.1) is 0 Å². The van der Waals surface area contributed by atoms with Crippen molar-refractivity contribution >= 4 is 11.4 Å². The first kappa shape index (κ1) is 13.7. The molecular formula is C13H17FN2O3. The summed E-state index contributed by atoms with van der Waals surface area (Å²) in [6.45, 7) is 4.21. The Kier molecular flexibility index (Phi) is 3.99. The second-order valence-corrected chi connectivity index (χ2v) is 5.20. The molecule has 0 aliphatic carbocycles. The molecule has 104 valence electrons. The highest BCUT2D eigenvalue weighted by molar-refractivity contribution is 5.50. The Labute approximate surface area is 110 Å². The van der Waals surface area contributed by atoms with Crippen molar-refractivity contribution in [3.63, 3.8) is 0 Å². The van der Waals surface area contributed by atoms with Gasteiger partial charge in [-0.05, 0) is 24.3 Å². The molecule has 1 aromatic carbocycles. The number of hydrogen-bond donors (Lipinski definition) is 1. The topological polar surface area (TPSA) is 64.4 Å². The lowest BCUT2D eigenvalue weighted by atomic mass is 9.82. The Morgan fingerprint density at radius 2 is 2.16 bits per heavy atom. The average molecular weight is 268 g/mol. The molecule has 6 heteroatoms. The van der Waals surface area contributed by atoms with Gasteiger partial charge < -0.3 is 10.1 Å². The van der Waals surface area contributed by atoms with Crippen molar-refractivity contribution in [1.29, 1.82) is 0 Å². The van der Waals surface area contributed by atoms with Crippen molar-refractivity contribution < 1.29 is 14.1 Å². The summed E-state index contributed by atoms with van der Waals surface area (Å²) in [5.41, 5.74) is 0.144. The van der Waals surface area contributed by atoms with Gasteiger partial charge in [0, 0.05) is 25.8 Å². The van der Waals surface area contributed by atoms with Crippen LogP contribution in [0.1, 0.15) is 19.8 Å². The van der Waals surface area contributed by atoms with E-state index in [0.29, 0.717) is 12.2 Å². The van der Waals surface area contributed by atoms with E-state index < -0.39 is 10.7 Å². The van der Waals surface area contributed by atoms with E-state index in [1.165, 1.54) is 12.1 Å². The van der Waals surface area contributed by atoms with Gasteiger partial charge in [-0.2, -0.15) is 0 Å². The fraction of sp³-hybridized carbons (Fsp3) is 0.538. The molecular weight excluding hydrogens is 251 g/mol. The minimum Gasteiger partial charge on any atom is -0.382 e. The third-order valence-corrected chi connectivity index (χ3v) is 3.57. The van der Waals surface area contributed by atoms with Crippen LogP contribution >= 0.6 is 0 Å². The Balaban J connectivity index is 2.01. The lowest BCUT2D eigenvalue weighted by Crippen LogP contribution is -2.33. The van der Waals surface area contributed by atoms with Crippen LogP contribution < -0.4 is 5.32 Å². The van der Waals surface area contributed by atoms with Gasteiger partial charge in [0.1, 0.15) is 0 Å². The molecule has 0 radical (unpaired) electrons. The van der Waals surface area contributed by atoms with Crippen LogP contribution in [0.25, 0.3) is 0 Å². The first-order valence-corrected chi connectivity index (χ1v) is 6.26. The van der Waals surface area contributed by atoms with E-state index in [9.17, 15) is 14.5 Å². The number of nitrogens with zero attached hydrogens (tertiary/aromatic N) is 1. The van der Waals surface area contributed by atoms with Crippen LogP contribution in [0.4, 0.5) is 15.8 Å². The number of non-ortho nitro benzene ring substituents is 1. The molecule has 1 aliphatic rings. The number of nitro benzene ring substituents is 1. The summed E-state index contributed by atoms with van der Waals surface area (Å²) in [6, 6.07) is 3.66. The molecule has 1 heterocycles. The lowest BCUT2D eigenvalue weighted by molar-refractivity contribution is -0.385. The van der Waals surface area contributed by atoms with Gasteiger partial charge in [-0.25, -0.2) is 4.39 Å². The Morgan fingerprint density at radius 1 is 1.47 bits per heavy atom. The van der Waals surface area contributed by atoms with E-state index in [0.717, 1.165) is 32.1 Å². The predicted octanol–water partition coefficient (Wildman–Crippen LogP) is 2.96. The molecule has 0 aromatic heterocycles. The second-order valence-electron chi connectivity index (χ2n) is 5.20. The van der Waals surface area contributed by atoms with E-state index in [2.05, 4.69) is 12.2 Å². The van der Waals surface area contributed by atoms with E-state index in [1.54, 1.807) is 0 Å². The molecule has 2 rings (SSSR count). The van der Waals surface area contributed by atoms with Gasteiger partial charge in [0.05, 0.1) is 16.7 Å². The zero-order chi connectivity index (χ0) is 13.9. The summed E-state index contributed by atoms with van der Waals surface area (Å²) in [7, 11) is 0. The van der Waals surface area contributed by atoms with Crippen molar-refractivity contribution in [3.05, 3.63) is 34.1 Å². The van der Waals surface area contributed by atoms with Crippen molar-refractivity contribution in [2.24, 2.45) is 5.41 Å². The average Bonchev–Trinajstić information content (AvgIpc) is 2.38. The summed E-state index contributed by atoms with van der Waals surface area (Å²) in [5.74, 6) is -0.593. The van der Waals surface area contributed by atoms with Crippen molar-refractivity contribution in [2.75, 3.05) is 25.1 Å². The maximum absolute atomic E-state index is 13.7. The fourth-order valence-corrected chi connectivity index (χ4v) is 2.11. The maximum atomic E-state index is 13.7. The number of benzene rings is 1. The molecule has 1 fully saturated rings. The number of halogens is 1. The van der Waals surface area contributed by atoms with E-state index in [1.807, 2.05) is 0 Å². The quantitative estimate of drug-likeness (QED) is 0.673. The Hall–Kier alpha value is -1.69. The molecule has 0 saturated carbocycles. The van der Waals surface area contributed by atoms with Gasteiger partial charge >= 0.3 is 0 Å². The predicted molar refractivity (Wildman–Crippen MR) is 69.7 cm³/mol. The largest absolute Gasteiger partial charge is 0.382 e. The summed E-state index contributed by atoms with van der Waals surface area (Å²) >= 11 is 0. The number of nitro groups is 1. The highest BCUT2D eigenvalue weighted by atomic mass is 19.1. The SMILES string of the molecule is CC1(CNc2ccc([N+](=O)[O-])cc2F)CCOCC1. The number of rotatable bonds is 4. The minimum atomic E-state index is -0.605. The van der Waals surface area contributed by atoms with Gasteiger partial charge in [-0.3, -0.25) is 10.1 Å². The molecule has 1 aliphatic heterocycles. The van der Waals surface area contributed by atoms with Crippen molar-refractivity contribution in [2.45, 2.75) is 19.8 Å². The van der Waals surface area contributed by atoms with Crippen LogP contribution in [-0.4, -0.2) is 24.7 Å². The normalized spacial score (nSPS) is 18.0. The Bertz CT molecular complexity index is 473. The summed E-state index contributed by atoms with van der Waals surface area (Å²) in [5, 5.41) is 13.6. The fourth-order valence-electron chi connectivity index (χ4n) is 2.11. The molecule has 0 bridgehead atoms. The van der Waals surface area contributed by atoms with Crippen LogP contribution in [0.2, 0.25) is 0 Å². The lowest BCUT2D eigenvalue weighted by Gasteiger charge is -2.33. The third-order valence-electron chi connectivity index (χ3n) is 3.57. The number of nitrogens with one attached hydrogen (secondary N) is 1. The van der Waals surface area contributed by atoms with Crippen molar-refractivity contribution in [1.82, 2.24) is 0 Å². The molecule has 1 N–H and O–H groups in total. The molecule has 5 nitrogen and oxygen atoms in total. The van der Waals surface area contributed by atoms with Gasteiger partial charge in [0.15, 0.2) is 5.82 Å². The second kappa shape index (κ2) is 5.52. The summed E-state index contributed by atoms with van der Waals surface area (Å²) < 4.78 is 19.0. The maximum Gasteiger partial charge on any atom is 0.272 e. The monoisotopic (exact) mass is 268 g/mol. The molecule has 0 unspecified atom stereocenters. The van der Waals surface area contributed by atoms with E-state index in [4.69, 9.17) is 4.74 Å². The van der Waals surface area contributed by atoms with Gasteiger partial charge in [0.2, 0.25) is 0 Å². The number of ether oxygens (including phenoxy) is 1. The van der Waals surface area contributed by atoms with Crippen LogP contribution in [0.15, 0.2) is 18.2 Å². The van der Waals surface area contributed by atoms with Gasteiger partial charge in [0.25, 0.3) is 5.69 Å². The molecule has 0 atom stereocenters. The van der Waals surface area contributed by atoms with Crippen LogP contribution in [0.5, 0.6) is 0 Å². The number of anilines is 1. The summed E-state index contributed by atoms with van der Waals surface area (Å²) in [6.07, 6.45) is 1.85. The molecule has 19 heavy (non-hydrogen) atoms. The highest BCUT2D eigenvalue weighted by Crippen LogP contribution is 2.30. The van der Waals surface area contributed by atoms with Gasteiger partial charge in [-0.1, -0.05) is 6.92 Å². The molecule has 1 saturated heterocycles. The summed E-state index contributed by atoms with van der Waals surface area (Å²) in [4.78, 5) is 9.92. The Morgan fingerprint density at radius 3 is 2.74 bits per heavy atom. The van der Waals surface area contributed by atoms with Crippen LogP contribution in [-0.2, 0) is 4.74 Å². The smallest absolute Gasteiger partial charge is 0.272 e. The minimum absolute atomic E-state index is 0.0759. The zero-order valence-electron chi connectivity index (χ0n) is 10.8. The molecule has 0 amide bonds. The van der Waals surface area contributed by atoms with Crippen molar-refractivity contribution in [3.8, 4) is 0 Å². The first-order valence-electron chi connectivity index (χ1n) is 6.26. The van der Waals surface area contributed by atoms with Crippen LogP contribution in [0, 0.1) is 21.3 Å². The van der Waals surface area contributed by atoms with E-state index >= 15 is 0 Å². The molecule has 1 aromatic rings. The highest BCUT2D eigenvalue weighted by Gasteiger charge is 2.27. The zero-order valence-corrected chi connectivity index (χ0v) is 10.8. The molecule has 0 spiro atoms. The third kappa shape index (κ3) is 3.41. The first-order chi connectivity index (χ1) is 9.00. The van der Waals surface area contributed by atoms with Crippen LogP contribution in [0.3, 0.4) is 0 Å². The number of hydrogen-bond acceptors (Lipinski definition) is 4. The van der Waals surface area contributed by atoms with E-state index in [-0.39, 0.29) is 11.1 Å².